The van der Waals surface area contributed by atoms with Crippen LogP contribution >= 0.6 is 11.3 Å². The maximum absolute atomic E-state index is 14.4. The maximum atomic E-state index is 14.4. The number of ether oxygens (including phenoxy) is 4. The molecular formula is C34H34N2O6S. The molecule has 2 heterocycles. The first kappa shape index (κ1) is 28.7. The predicted molar refractivity (Wildman–Crippen MR) is 167 cm³/mol. The van der Waals surface area contributed by atoms with E-state index in [0.717, 1.165) is 41.3 Å². The van der Waals surface area contributed by atoms with Crippen LogP contribution < -0.4 is 29.1 Å². The second-order valence-electron chi connectivity index (χ2n) is 10.6. The average Bonchev–Trinajstić information content (AvgIpc) is 3.32. The summed E-state index contributed by atoms with van der Waals surface area (Å²) < 4.78 is 24.8. The summed E-state index contributed by atoms with van der Waals surface area (Å²) in [5, 5.41) is 1.71. The van der Waals surface area contributed by atoms with E-state index in [9.17, 15) is 9.59 Å². The predicted octanol–water partition coefficient (Wildman–Crippen LogP) is 4.86. The molecule has 0 spiro atoms. The zero-order chi connectivity index (χ0) is 30.2. The van der Waals surface area contributed by atoms with Crippen LogP contribution in [0.1, 0.15) is 55.0 Å². The highest BCUT2D eigenvalue weighted by molar-refractivity contribution is 7.07. The summed E-state index contributed by atoms with van der Waals surface area (Å²) >= 11 is 1.29. The molecule has 1 unspecified atom stereocenters. The lowest BCUT2D eigenvalue weighted by Crippen LogP contribution is -2.40. The molecule has 9 heteroatoms. The van der Waals surface area contributed by atoms with Gasteiger partial charge in [0.05, 0.1) is 43.7 Å². The molecule has 0 bridgehead atoms. The zero-order valence-electron chi connectivity index (χ0n) is 25.0. The molecular weight excluding hydrogens is 564 g/mol. The van der Waals surface area contributed by atoms with Gasteiger partial charge in [-0.1, -0.05) is 23.5 Å². The largest absolute Gasteiger partial charge is 0.497 e. The minimum Gasteiger partial charge on any atom is -0.497 e. The summed E-state index contributed by atoms with van der Waals surface area (Å²) in [5.41, 5.74) is 4.62. The van der Waals surface area contributed by atoms with Crippen LogP contribution in [0.15, 0.2) is 63.5 Å². The van der Waals surface area contributed by atoms with Crippen LogP contribution in [0, 0.1) is 0 Å². The molecule has 6 rings (SSSR count). The quantitative estimate of drug-likeness (QED) is 0.283. The number of allylic oxidation sites excluding steroid dienone is 1. The molecule has 0 saturated heterocycles. The van der Waals surface area contributed by atoms with E-state index in [2.05, 4.69) is 12.1 Å². The van der Waals surface area contributed by atoms with Crippen LogP contribution in [-0.4, -0.2) is 38.5 Å². The Labute approximate surface area is 253 Å². The van der Waals surface area contributed by atoms with Crippen LogP contribution in [0.2, 0.25) is 0 Å². The van der Waals surface area contributed by atoms with Crippen molar-refractivity contribution in [2.24, 2.45) is 4.99 Å². The zero-order valence-corrected chi connectivity index (χ0v) is 25.8. The van der Waals surface area contributed by atoms with E-state index in [0.29, 0.717) is 37.7 Å². The van der Waals surface area contributed by atoms with Gasteiger partial charge in [0.2, 0.25) is 0 Å². The van der Waals surface area contributed by atoms with Gasteiger partial charge in [-0.3, -0.25) is 9.36 Å². The summed E-state index contributed by atoms with van der Waals surface area (Å²) in [4.78, 5) is 33.2. The van der Waals surface area contributed by atoms with Gasteiger partial charge in [0, 0.05) is 11.1 Å². The van der Waals surface area contributed by atoms with Gasteiger partial charge in [-0.05, 0) is 97.8 Å². The number of hydrogen-bond acceptors (Lipinski definition) is 8. The summed E-state index contributed by atoms with van der Waals surface area (Å²) in [5.74, 6) is 1.39. The number of esters is 1. The molecule has 4 aromatic rings. The van der Waals surface area contributed by atoms with Crippen LogP contribution in [0.5, 0.6) is 17.2 Å². The minimum absolute atomic E-state index is 0.186. The van der Waals surface area contributed by atoms with Crippen LogP contribution in [0.25, 0.3) is 16.8 Å². The summed E-state index contributed by atoms with van der Waals surface area (Å²) in [7, 11) is 4.84. The van der Waals surface area contributed by atoms with Crippen LogP contribution in [0.4, 0.5) is 0 Å². The van der Waals surface area contributed by atoms with E-state index >= 15 is 0 Å². The summed E-state index contributed by atoms with van der Waals surface area (Å²) in [6, 6.07) is 12.9. The maximum Gasteiger partial charge on any atom is 0.338 e. The van der Waals surface area contributed by atoms with Crippen molar-refractivity contribution in [1.82, 2.24) is 4.57 Å². The van der Waals surface area contributed by atoms with Crippen LogP contribution in [-0.2, 0) is 22.4 Å². The van der Waals surface area contributed by atoms with Gasteiger partial charge in [-0.2, -0.15) is 0 Å². The standard InChI is InChI=1S/C34H34N2O6S/c1-6-42-33(38)29-19(2)35-34-36(31(29)30-25-18-24(39-3)13-11-20(25)12-14-26(30)40-4)32(37)28(43-34)17-23-15-21-9-7-8-10-22(21)16-27(23)41-5/h11-18,31H,6-10H2,1-5H3. The smallest absolute Gasteiger partial charge is 0.338 e. The monoisotopic (exact) mass is 598 g/mol. The number of aryl methyl sites for hydroxylation is 2. The van der Waals surface area contributed by atoms with Crippen molar-refractivity contribution in [2.45, 2.75) is 45.6 Å². The fraction of sp³-hybridized carbons (Fsp3) is 0.324. The van der Waals surface area contributed by atoms with E-state index in [1.165, 1.54) is 28.9 Å². The van der Waals surface area contributed by atoms with E-state index in [-0.39, 0.29) is 12.2 Å². The van der Waals surface area contributed by atoms with Crippen molar-refractivity contribution in [1.29, 1.82) is 0 Å². The number of carbonyl (C=O) groups excluding carboxylic acids is 1. The molecule has 8 nitrogen and oxygen atoms in total. The molecule has 43 heavy (non-hydrogen) atoms. The molecule has 3 aromatic carbocycles. The third-order valence-corrected chi connectivity index (χ3v) is 9.20. The molecule has 1 aliphatic carbocycles. The molecule has 0 N–H and O–H groups in total. The lowest BCUT2D eigenvalue weighted by molar-refractivity contribution is -0.139. The number of thiazole rings is 1. The van der Waals surface area contributed by atoms with Crippen molar-refractivity contribution < 1.29 is 23.7 Å². The van der Waals surface area contributed by atoms with E-state index in [1.807, 2.05) is 36.4 Å². The Balaban J connectivity index is 1.64. The molecule has 1 aromatic heterocycles. The van der Waals surface area contributed by atoms with Crippen LogP contribution in [0.3, 0.4) is 0 Å². The minimum atomic E-state index is -0.839. The van der Waals surface area contributed by atoms with Crippen molar-refractivity contribution in [3.05, 3.63) is 95.7 Å². The molecule has 222 valence electrons. The van der Waals surface area contributed by atoms with Gasteiger partial charge in [-0.25, -0.2) is 9.79 Å². The van der Waals surface area contributed by atoms with Gasteiger partial charge < -0.3 is 18.9 Å². The Kier molecular flexibility index (Phi) is 7.83. The Morgan fingerprint density at radius 3 is 2.42 bits per heavy atom. The molecule has 2 aliphatic rings. The van der Waals surface area contributed by atoms with Crippen molar-refractivity contribution in [2.75, 3.05) is 27.9 Å². The van der Waals surface area contributed by atoms with E-state index in [1.54, 1.807) is 39.7 Å². The highest BCUT2D eigenvalue weighted by atomic mass is 32.1. The Bertz CT molecular complexity index is 1960. The topological polar surface area (TPSA) is 88.4 Å². The molecule has 1 atom stereocenters. The number of methoxy groups -OCH3 is 3. The number of aromatic nitrogens is 1. The number of carbonyl (C=O) groups is 1. The van der Waals surface area contributed by atoms with E-state index < -0.39 is 12.0 Å². The fourth-order valence-electron chi connectivity index (χ4n) is 6.17. The number of nitrogens with zero attached hydrogens (tertiary/aromatic N) is 2. The molecule has 0 amide bonds. The fourth-order valence-corrected chi connectivity index (χ4v) is 7.20. The first-order valence-electron chi connectivity index (χ1n) is 14.4. The lowest BCUT2D eigenvalue weighted by atomic mass is 9.90. The van der Waals surface area contributed by atoms with Gasteiger partial charge >= 0.3 is 5.97 Å². The third-order valence-electron chi connectivity index (χ3n) is 8.22. The van der Waals surface area contributed by atoms with Crippen molar-refractivity contribution >= 4 is 34.2 Å². The molecule has 0 radical (unpaired) electrons. The highest BCUT2D eigenvalue weighted by Gasteiger charge is 2.36. The highest BCUT2D eigenvalue weighted by Crippen LogP contribution is 2.41. The Morgan fingerprint density at radius 1 is 1.00 bits per heavy atom. The third kappa shape index (κ3) is 5.01. The summed E-state index contributed by atoms with van der Waals surface area (Å²) in [6.45, 7) is 3.72. The number of rotatable bonds is 7. The number of benzene rings is 3. The van der Waals surface area contributed by atoms with Gasteiger partial charge in [0.1, 0.15) is 23.3 Å². The first-order valence-corrected chi connectivity index (χ1v) is 15.2. The lowest BCUT2D eigenvalue weighted by Gasteiger charge is -2.27. The van der Waals surface area contributed by atoms with Crippen molar-refractivity contribution in [3.63, 3.8) is 0 Å². The second kappa shape index (κ2) is 11.7. The van der Waals surface area contributed by atoms with E-state index in [4.69, 9.17) is 23.9 Å². The second-order valence-corrected chi connectivity index (χ2v) is 11.6. The first-order chi connectivity index (χ1) is 20.9. The number of hydrogen-bond donors (Lipinski definition) is 0. The molecule has 1 aliphatic heterocycles. The SMILES string of the molecule is CCOC(=O)C1=C(C)N=c2sc(=Cc3cc4c(cc3OC)CCCC4)c(=O)n2C1c1c(OC)ccc2ccc(OC)cc12. The molecule has 0 fully saturated rings. The van der Waals surface area contributed by atoms with Gasteiger partial charge in [-0.15, -0.1) is 0 Å². The Morgan fingerprint density at radius 2 is 1.72 bits per heavy atom. The van der Waals surface area contributed by atoms with Gasteiger partial charge in [0.25, 0.3) is 5.56 Å². The Hall–Kier alpha value is -4.37. The van der Waals surface area contributed by atoms with Crippen molar-refractivity contribution in [3.8, 4) is 17.2 Å². The normalized spacial score (nSPS) is 16.4. The summed E-state index contributed by atoms with van der Waals surface area (Å²) in [6.07, 6.45) is 6.23. The number of fused-ring (bicyclic) bond motifs is 3. The molecule has 0 saturated carbocycles. The average molecular weight is 599 g/mol. The van der Waals surface area contributed by atoms with Gasteiger partial charge in [0.15, 0.2) is 4.80 Å².